The van der Waals surface area contributed by atoms with Crippen LogP contribution in [0.4, 0.5) is 0 Å². The number of Topliss-reactive ketones (excluding diaryl/α,β-unsaturated/α-hetero) is 1. The highest BCUT2D eigenvalue weighted by Crippen LogP contribution is 2.74. The summed E-state index contributed by atoms with van der Waals surface area (Å²) < 4.78 is 0. The Labute approximate surface area is 200 Å². The molecule has 182 valence electrons. The summed E-state index contributed by atoms with van der Waals surface area (Å²) in [5.41, 5.74) is 4.57. The predicted molar refractivity (Wildman–Crippen MR) is 134 cm³/mol. The van der Waals surface area contributed by atoms with Crippen LogP contribution >= 0.6 is 0 Å². The number of aromatic nitrogens is 1. The molecule has 0 radical (unpaired) electrons. The Bertz CT molecular complexity index is 985. The largest absolute Gasteiger partial charge is 0.393 e. The third kappa shape index (κ3) is 3.00. The molecule has 4 aliphatic carbocycles. The van der Waals surface area contributed by atoms with Crippen molar-refractivity contribution >= 4 is 5.78 Å². The molecule has 2 N–H and O–H groups in total. The van der Waals surface area contributed by atoms with Crippen molar-refractivity contribution in [1.82, 2.24) is 4.98 Å². The molecule has 3 nitrogen and oxygen atoms in total. The fourth-order valence-corrected chi connectivity index (χ4v) is 9.29. The summed E-state index contributed by atoms with van der Waals surface area (Å²) >= 11 is 0. The van der Waals surface area contributed by atoms with Gasteiger partial charge >= 0.3 is 0 Å². The van der Waals surface area contributed by atoms with Gasteiger partial charge in [-0.2, -0.15) is 0 Å². The maximum Gasteiger partial charge on any atom is 0.181 e. The summed E-state index contributed by atoms with van der Waals surface area (Å²) in [6, 6.07) is 2.16. The molecular weight excluding hydrogens is 406 g/mol. The second-order valence-corrected chi connectivity index (χ2v) is 13.6. The minimum atomic E-state index is -0.179. The number of ketones is 1. The number of H-pyrrole nitrogens is 1. The van der Waals surface area contributed by atoms with Gasteiger partial charge in [0.2, 0.25) is 0 Å². The van der Waals surface area contributed by atoms with E-state index in [1.165, 1.54) is 31.2 Å². The topological polar surface area (TPSA) is 53.1 Å². The molecule has 0 amide bonds. The van der Waals surface area contributed by atoms with Crippen LogP contribution in [0.5, 0.6) is 0 Å². The maximum absolute atomic E-state index is 12.6. The SMILES string of the molecule is CC(C)C(=O)c1cc([C@H]2CC[C@@]3(C)C4=CC[C@H]5C(C)(C)[C@H](O)CC[C@]5(C)[C@H]4CC[C@@]23C)c[nH]1. The van der Waals surface area contributed by atoms with E-state index < -0.39 is 0 Å². The molecule has 33 heavy (non-hydrogen) atoms. The van der Waals surface area contributed by atoms with Crippen molar-refractivity contribution in [3.8, 4) is 0 Å². The Balaban J connectivity index is 1.50. The monoisotopic (exact) mass is 451 g/mol. The third-order valence-electron chi connectivity index (χ3n) is 11.7. The quantitative estimate of drug-likeness (QED) is 0.374. The lowest BCUT2D eigenvalue weighted by molar-refractivity contribution is -0.129. The Morgan fingerprint density at radius 1 is 1.03 bits per heavy atom. The van der Waals surface area contributed by atoms with E-state index in [0.717, 1.165) is 25.0 Å². The minimum absolute atomic E-state index is 0.0145. The van der Waals surface area contributed by atoms with E-state index in [-0.39, 0.29) is 34.1 Å². The average molecular weight is 452 g/mol. The number of aliphatic hydroxyl groups is 1. The zero-order chi connectivity index (χ0) is 24.0. The molecule has 0 saturated heterocycles. The van der Waals surface area contributed by atoms with Gasteiger partial charge in [-0.1, -0.05) is 60.1 Å². The van der Waals surface area contributed by atoms with Gasteiger partial charge in [-0.15, -0.1) is 0 Å². The van der Waals surface area contributed by atoms with Crippen LogP contribution in [0.1, 0.15) is 115 Å². The number of nitrogens with one attached hydrogen (secondary N) is 1. The van der Waals surface area contributed by atoms with Gasteiger partial charge < -0.3 is 10.1 Å². The lowest BCUT2D eigenvalue weighted by Gasteiger charge is -2.64. The second-order valence-electron chi connectivity index (χ2n) is 13.6. The Hall–Kier alpha value is -1.35. The molecule has 1 aromatic heterocycles. The van der Waals surface area contributed by atoms with Crippen molar-refractivity contribution in [3.63, 3.8) is 0 Å². The number of rotatable bonds is 3. The lowest BCUT2D eigenvalue weighted by Crippen LogP contribution is -2.57. The Morgan fingerprint density at radius 2 is 1.73 bits per heavy atom. The smallest absolute Gasteiger partial charge is 0.181 e. The molecule has 5 rings (SSSR count). The lowest BCUT2D eigenvalue weighted by atomic mass is 9.41. The van der Waals surface area contributed by atoms with E-state index in [1.54, 1.807) is 5.57 Å². The molecule has 1 aromatic rings. The van der Waals surface area contributed by atoms with Crippen LogP contribution in [0.15, 0.2) is 23.9 Å². The number of hydrogen-bond acceptors (Lipinski definition) is 2. The van der Waals surface area contributed by atoms with Crippen LogP contribution < -0.4 is 0 Å². The first-order valence-electron chi connectivity index (χ1n) is 13.5. The number of aromatic amines is 1. The predicted octanol–water partition coefficient (Wildman–Crippen LogP) is 7.29. The standard InChI is InChI=1S/C30H45NO2/c1-18(2)26(33)23-16-19(17-31-23)20-10-14-30(7)22-8-9-24-27(3,4)25(32)12-13-28(24,5)21(22)11-15-29(20,30)6/h8,16-18,20-21,24-25,31-32H,9-15H2,1-7H3/t20-,21+,24+,25-,28-,29+,30+/m1/s1. The molecule has 1 heterocycles. The first kappa shape index (κ1) is 23.4. The van der Waals surface area contributed by atoms with Gasteiger partial charge in [0.15, 0.2) is 5.78 Å². The van der Waals surface area contributed by atoms with Crippen molar-refractivity contribution in [2.45, 2.75) is 105 Å². The Morgan fingerprint density at radius 3 is 2.42 bits per heavy atom. The van der Waals surface area contributed by atoms with Gasteiger partial charge in [0.1, 0.15) is 0 Å². The van der Waals surface area contributed by atoms with E-state index in [2.05, 4.69) is 57.9 Å². The fourth-order valence-electron chi connectivity index (χ4n) is 9.29. The van der Waals surface area contributed by atoms with Gasteiger partial charge in [-0.05, 0) is 96.0 Å². The number of carbonyl (C=O) groups excluding carboxylic acids is 1. The highest BCUT2D eigenvalue weighted by molar-refractivity contribution is 5.96. The molecule has 7 atom stereocenters. The van der Waals surface area contributed by atoms with E-state index in [0.29, 0.717) is 23.2 Å². The maximum atomic E-state index is 12.6. The zero-order valence-corrected chi connectivity index (χ0v) is 21.9. The normalized spacial score (nSPS) is 44.1. The van der Waals surface area contributed by atoms with Crippen LogP contribution in [-0.4, -0.2) is 22.0 Å². The summed E-state index contributed by atoms with van der Waals surface area (Å²) in [4.78, 5) is 15.9. The molecule has 0 unspecified atom stereocenters. The highest BCUT2D eigenvalue weighted by atomic mass is 16.3. The van der Waals surface area contributed by atoms with Crippen molar-refractivity contribution < 1.29 is 9.90 Å². The molecular formula is C30H45NO2. The molecule has 0 aliphatic heterocycles. The van der Waals surface area contributed by atoms with E-state index in [1.807, 2.05) is 13.8 Å². The van der Waals surface area contributed by atoms with Crippen molar-refractivity contribution in [1.29, 1.82) is 0 Å². The number of aliphatic hydroxyl groups excluding tert-OH is 1. The molecule has 3 fully saturated rings. The van der Waals surface area contributed by atoms with Crippen LogP contribution in [0, 0.1) is 39.4 Å². The molecule has 0 bridgehead atoms. The zero-order valence-electron chi connectivity index (χ0n) is 21.9. The molecule has 4 aliphatic rings. The first-order valence-corrected chi connectivity index (χ1v) is 13.5. The van der Waals surface area contributed by atoms with Crippen molar-refractivity contribution in [2.75, 3.05) is 0 Å². The van der Waals surface area contributed by atoms with Gasteiger partial charge in [0, 0.05) is 12.1 Å². The molecule has 0 spiro atoms. The van der Waals surface area contributed by atoms with Crippen LogP contribution in [-0.2, 0) is 0 Å². The summed E-state index contributed by atoms with van der Waals surface area (Å²) in [7, 11) is 0. The van der Waals surface area contributed by atoms with Crippen LogP contribution in [0.2, 0.25) is 0 Å². The van der Waals surface area contributed by atoms with Gasteiger partial charge in [0.05, 0.1) is 11.8 Å². The molecule has 3 saturated carbocycles. The van der Waals surface area contributed by atoms with E-state index in [4.69, 9.17) is 0 Å². The highest BCUT2D eigenvalue weighted by Gasteiger charge is 2.65. The van der Waals surface area contributed by atoms with E-state index >= 15 is 0 Å². The number of allylic oxidation sites excluding steroid dienone is 2. The van der Waals surface area contributed by atoms with Crippen molar-refractivity contribution in [3.05, 3.63) is 35.2 Å². The Kier molecular flexibility index (Phi) is 5.19. The third-order valence-corrected chi connectivity index (χ3v) is 11.7. The summed E-state index contributed by atoms with van der Waals surface area (Å²) in [5.74, 6) is 1.94. The second kappa shape index (κ2) is 7.33. The summed E-state index contributed by atoms with van der Waals surface area (Å²) in [6.07, 6.45) is 12.7. The summed E-state index contributed by atoms with van der Waals surface area (Å²) in [6.45, 7) is 16.2. The number of carbonyl (C=O) groups is 1. The van der Waals surface area contributed by atoms with Crippen LogP contribution in [0.3, 0.4) is 0 Å². The number of fused-ring (bicyclic) bond motifs is 5. The van der Waals surface area contributed by atoms with E-state index in [9.17, 15) is 9.90 Å². The van der Waals surface area contributed by atoms with Gasteiger partial charge in [0.25, 0.3) is 0 Å². The average Bonchev–Trinajstić information content (AvgIpc) is 3.33. The fraction of sp³-hybridized carbons (Fsp3) is 0.767. The van der Waals surface area contributed by atoms with Gasteiger partial charge in [-0.3, -0.25) is 4.79 Å². The van der Waals surface area contributed by atoms with Crippen molar-refractivity contribution in [2.24, 2.45) is 39.4 Å². The summed E-state index contributed by atoms with van der Waals surface area (Å²) in [5, 5.41) is 10.8. The minimum Gasteiger partial charge on any atom is -0.393 e. The molecule has 3 heteroatoms. The first-order chi connectivity index (χ1) is 15.4. The van der Waals surface area contributed by atoms with Crippen LogP contribution in [0.25, 0.3) is 0 Å². The molecule has 0 aromatic carbocycles. The number of hydrogen-bond donors (Lipinski definition) is 2. The van der Waals surface area contributed by atoms with Gasteiger partial charge in [-0.25, -0.2) is 0 Å².